The maximum absolute atomic E-state index is 12.9. The first-order chi connectivity index (χ1) is 30.9. The van der Waals surface area contributed by atoms with Gasteiger partial charge in [-0.1, -0.05) is 31.1 Å². The molecule has 4 aromatic heterocycles. The summed E-state index contributed by atoms with van der Waals surface area (Å²) >= 11 is 0. The minimum absolute atomic E-state index is 0. The molecule has 2 saturated heterocycles. The van der Waals surface area contributed by atoms with Gasteiger partial charge in [0.1, 0.15) is 11.5 Å². The van der Waals surface area contributed by atoms with Gasteiger partial charge in [0.25, 0.3) is 17.7 Å². The number of aromatic nitrogens is 6. The zero-order valence-corrected chi connectivity index (χ0v) is 34.3. The summed E-state index contributed by atoms with van der Waals surface area (Å²) in [6.07, 6.45) is 3.19. The van der Waals surface area contributed by atoms with Gasteiger partial charge in [-0.25, -0.2) is 24.1 Å². The first-order valence-electron chi connectivity index (χ1n) is 19.2. The number of fused-ring (bicyclic) bond motifs is 2. The minimum Gasteiger partial charge on any atom is -0.464 e. The molecular formula is C44H39F4N9O9. The average molecular weight is 914 g/mol. The van der Waals surface area contributed by atoms with Gasteiger partial charge in [0.05, 0.1) is 29.3 Å². The Hall–Kier alpha value is -8.08. The second-order valence-electron chi connectivity index (χ2n) is 14.5. The molecule has 0 saturated carbocycles. The number of aliphatic hydroxyl groups is 2. The fourth-order valence-corrected chi connectivity index (χ4v) is 6.88. The number of carbonyl (C=O) groups excluding carboxylic acids is 4. The smallest absolute Gasteiger partial charge is 0.387 e. The van der Waals surface area contributed by atoms with Gasteiger partial charge < -0.3 is 40.0 Å². The van der Waals surface area contributed by atoms with Crippen LogP contribution in [0.2, 0.25) is 0 Å². The van der Waals surface area contributed by atoms with Crippen LogP contribution in [0.4, 0.5) is 17.6 Å². The monoisotopic (exact) mass is 913 g/mol. The minimum atomic E-state index is -3.10. The summed E-state index contributed by atoms with van der Waals surface area (Å²) in [4.78, 5) is 59.4. The van der Waals surface area contributed by atoms with E-state index in [0.29, 0.717) is 23.9 Å². The van der Waals surface area contributed by atoms with Crippen molar-refractivity contribution < 1.29 is 61.2 Å². The highest BCUT2D eigenvalue weighted by atomic mass is 19.3. The van der Waals surface area contributed by atoms with E-state index in [2.05, 4.69) is 53.3 Å². The van der Waals surface area contributed by atoms with Crippen molar-refractivity contribution in [2.45, 2.75) is 44.7 Å². The highest BCUT2D eigenvalue weighted by molar-refractivity contribution is 6.03. The molecule has 18 nitrogen and oxygen atoms in total. The Kier molecular flexibility index (Phi) is 13.6. The number of amides is 3. The Morgan fingerprint density at radius 1 is 0.727 bits per heavy atom. The number of halogens is 4. The van der Waals surface area contributed by atoms with Gasteiger partial charge in [-0.05, 0) is 48.5 Å². The quantitative estimate of drug-likeness (QED) is 0.113. The second kappa shape index (κ2) is 18.9. The number of hydrogen-bond acceptors (Lipinski definition) is 13. The molecule has 4 N–H and O–H groups in total. The van der Waals surface area contributed by atoms with E-state index < -0.39 is 48.1 Å². The van der Waals surface area contributed by atoms with E-state index in [4.69, 9.17) is 10.5 Å². The molecule has 66 heavy (non-hydrogen) atoms. The van der Waals surface area contributed by atoms with Crippen molar-refractivity contribution in [3.8, 4) is 46.6 Å². The zero-order chi connectivity index (χ0) is 46.8. The number of nitrogens with zero attached hydrogens (tertiary/aromatic N) is 8. The van der Waals surface area contributed by atoms with E-state index in [1.54, 1.807) is 38.4 Å². The first-order valence-corrected chi connectivity index (χ1v) is 19.2. The number of ether oxygens (including phenoxy) is 3. The molecule has 342 valence electrons. The summed E-state index contributed by atoms with van der Waals surface area (Å²) in [5.74, 6) is 7.35. The van der Waals surface area contributed by atoms with Crippen molar-refractivity contribution in [2.24, 2.45) is 5.73 Å². The Labute approximate surface area is 372 Å². The van der Waals surface area contributed by atoms with E-state index in [-0.39, 0.29) is 77.0 Å². The molecule has 2 aliphatic heterocycles. The van der Waals surface area contributed by atoms with E-state index in [1.165, 1.54) is 75.1 Å². The third-order valence-electron chi connectivity index (χ3n) is 10.1. The fraction of sp³-hybridized carbons (Fsp3) is 0.273. The zero-order valence-electron chi connectivity index (χ0n) is 34.3. The van der Waals surface area contributed by atoms with Crippen molar-refractivity contribution in [1.82, 2.24) is 39.3 Å². The molecule has 8 rings (SSSR count). The maximum atomic E-state index is 12.9. The number of esters is 1. The van der Waals surface area contributed by atoms with Gasteiger partial charge in [-0.15, -0.1) is 0 Å². The van der Waals surface area contributed by atoms with Crippen LogP contribution < -0.4 is 15.2 Å². The number of methoxy groups -OCH3 is 1. The van der Waals surface area contributed by atoms with E-state index in [9.17, 15) is 47.0 Å². The first kappa shape index (κ1) is 47.4. The third kappa shape index (κ3) is 9.69. The molecule has 2 atom stereocenters. The van der Waals surface area contributed by atoms with Crippen LogP contribution in [0.3, 0.4) is 0 Å². The van der Waals surface area contributed by atoms with Crippen molar-refractivity contribution >= 4 is 45.8 Å². The van der Waals surface area contributed by atoms with Crippen LogP contribution in [-0.2, 0) is 14.3 Å². The van der Waals surface area contributed by atoms with Crippen LogP contribution in [0.5, 0.6) is 11.5 Å². The highest BCUT2D eigenvalue weighted by Crippen LogP contribution is 2.29. The number of pyridine rings is 2. The predicted octanol–water partition coefficient (Wildman–Crippen LogP) is 3.45. The van der Waals surface area contributed by atoms with Gasteiger partial charge in [-0.2, -0.15) is 27.8 Å². The number of alkyl halides is 4. The molecule has 3 amide bonds. The Morgan fingerprint density at radius 3 is 1.53 bits per heavy atom. The lowest BCUT2D eigenvalue weighted by Gasteiger charge is -2.13. The van der Waals surface area contributed by atoms with Gasteiger partial charge in [0, 0.05) is 75.7 Å². The second-order valence-corrected chi connectivity index (χ2v) is 14.5. The summed E-state index contributed by atoms with van der Waals surface area (Å²) in [5.41, 5.74) is 2.93. The lowest BCUT2D eigenvalue weighted by molar-refractivity contribution is -0.138. The predicted molar refractivity (Wildman–Crippen MR) is 226 cm³/mol. The molecule has 0 unspecified atom stereocenters. The molecule has 2 aromatic carbocycles. The Bertz CT molecular complexity index is 3010. The largest absolute Gasteiger partial charge is 0.464 e. The number of rotatable bonds is 8. The standard InChI is InChI=1S/C22H18F2N4O5.C21H17F2N5O4.CH4/c1-27-9-7-22(31,20(27)30)6-5-13-10-14(12-15(11-13)33-21(23)24)28-18-16(4-3-8-25-18)17(26-28)19(29)32-2;1-27-8-6-21(31,19(27)30)5-4-12-9-13(11-14(10-12)32-20(22)23)28-18-15(3-2-7-25-18)16(26-28)17(24)29;/h3-4,8,10-12,21,31H,7,9H2,1-2H3;2-3,7,9-11,20,31H,6,8H2,1H3,(H2,24,29);1H4/t22-;21-;/m00./s1. The fourth-order valence-electron chi connectivity index (χ4n) is 6.88. The summed E-state index contributed by atoms with van der Waals surface area (Å²) in [5, 5.41) is 30.2. The lowest BCUT2D eigenvalue weighted by atomic mass is 10.0. The van der Waals surface area contributed by atoms with Gasteiger partial charge >= 0.3 is 19.2 Å². The number of likely N-dealkylation sites (tertiary alicyclic amines) is 2. The Balaban J connectivity index is 0.000000215. The Morgan fingerprint density at radius 2 is 1.15 bits per heavy atom. The van der Waals surface area contributed by atoms with Crippen LogP contribution in [0.15, 0.2) is 73.1 Å². The van der Waals surface area contributed by atoms with Crippen LogP contribution in [0.1, 0.15) is 52.4 Å². The summed E-state index contributed by atoms with van der Waals surface area (Å²) in [7, 11) is 4.30. The van der Waals surface area contributed by atoms with Gasteiger partial charge in [0.15, 0.2) is 22.7 Å². The van der Waals surface area contributed by atoms with Gasteiger partial charge in [0.2, 0.25) is 11.2 Å². The van der Waals surface area contributed by atoms with Crippen molar-refractivity contribution in [1.29, 1.82) is 0 Å². The molecule has 0 radical (unpaired) electrons. The molecule has 0 bridgehead atoms. The number of nitrogens with two attached hydrogens (primary N) is 1. The van der Waals surface area contributed by atoms with E-state index in [1.807, 2.05) is 0 Å². The van der Waals surface area contributed by atoms with Gasteiger partial charge in [-0.3, -0.25) is 14.4 Å². The van der Waals surface area contributed by atoms with Crippen LogP contribution in [0.25, 0.3) is 33.4 Å². The van der Waals surface area contributed by atoms with E-state index >= 15 is 0 Å². The van der Waals surface area contributed by atoms with Crippen molar-refractivity contribution in [3.05, 3.63) is 95.6 Å². The molecular weight excluding hydrogens is 875 g/mol. The summed E-state index contributed by atoms with van der Waals surface area (Å²) < 4.78 is 68.0. The maximum Gasteiger partial charge on any atom is 0.387 e. The highest BCUT2D eigenvalue weighted by Gasteiger charge is 2.43. The normalized spacial score (nSPS) is 17.7. The molecule has 0 aliphatic carbocycles. The molecule has 6 aromatic rings. The molecule has 2 aliphatic rings. The third-order valence-corrected chi connectivity index (χ3v) is 10.1. The number of hydrogen-bond donors (Lipinski definition) is 3. The molecule has 2 fully saturated rings. The number of likely N-dealkylation sites (N-methyl/N-ethyl adjacent to an activating group) is 2. The SMILES string of the molecule is C.CN1CC[C@@](O)(C#Cc2cc(OC(F)F)cc(-n3nc(C(N)=O)c4cccnc43)c2)C1=O.COC(=O)c1nn(-c2cc(C#C[C@]3(O)CCN(C)C3=O)cc(OC(F)F)c2)c2ncccc12. The van der Waals surface area contributed by atoms with E-state index in [0.717, 1.165) is 0 Å². The van der Waals surface area contributed by atoms with Crippen LogP contribution in [-0.4, -0.2) is 132 Å². The number of primary amides is 1. The van der Waals surface area contributed by atoms with Crippen LogP contribution >= 0.6 is 0 Å². The lowest BCUT2D eigenvalue weighted by Crippen LogP contribution is -2.37. The van der Waals surface area contributed by atoms with Crippen LogP contribution in [0, 0.1) is 23.7 Å². The number of carbonyl (C=O) groups is 4. The molecule has 0 spiro atoms. The van der Waals surface area contributed by atoms with Crippen molar-refractivity contribution in [3.63, 3.8) is 0 Å². The number of benzene rings is 2. The summed E-state index contributed by atoms with van der Waals surface area (Å²) in [6, 6.07) is 14.4. The van der Waals surface area contributed by atoms with Crippen molar-refractivity contribution in [2.75, 3.05) is 34.3 Å². The summed E-state index contributed by atoms with van der Waals surface area (Å²) in [6.45, 7) is -5.53. The topological polar surface area (TPSA) is 230 Å². The molecule has 6 heterocycles. The molecule has 22 heteroatoms. The average Bonchev–Trinajstić information content (AvgIpc) is 4.01.